The average Bonchev–Trinajstić information content (AvgIpc) is 2.84. The Labute approximate surface area is 112 Å². The first-order valence-corrected chi connectivity index (χ1v) is 7.42. The number of rotatable bonds is 6. The lowest BCUT2D eigenvalue weighted by atomic mass is 10.1. The van der Waals surface area contributed by atoms with Crippen LogP contribution in [0.2, 0.25) is 0 Å². The Bertz CT molecular complexity index is 479. The number of aromatic nitrogens is 2. The second kappa shape index (κ2) is 6.59. The Morgan fingerprint density at radius 1 is 1.22 bits per heavy atom. The van der Waals surface area contributed by atoms with E-state index in [1.165, 1.54) is 18.4 Å². The lowest BCUT2D eigenvalue weighted by Crippen LogP contribution is -1.84. The molecular formula is C14H18N2OS. The molecule has 0 atom stereocenters. The van der Waals surface area contributed by atoms with Crippen molar-refractivity contribution in [2.45, 2.75) is 32.4 Å². The molecule has 0 aliphatic rings. The molecule has 96 valence electrons. The van der Waals surface area contributed by atoms with Gasteiger partial charge in [0, 0.05) is 5.56 Å². The van der Waals surface area contributed by atoms with Gasteiger partial charge in [0.05, 0.1) is 5.75 Å². The first kappa shape index (κ1) is 13.1. The molecule has 0 unspecified atom stereocenters. The normalized spacial score (nSPS) is 10.8. The van der Waals surface area contributed by atoms with E-state index >= 15 is 0 Å². The highest BCUT2D eigenvalue weighted by Gasteiger charge is 2.07. The quantitative estimate of drug-likeness (QED) is 0.735. The van der Waals surface area contributed by atoms with Crippen molar-refractivity contribution >= 4 is 11.8 Å². The maximum Gasteiger partial charge on any atom is 0.236 e. The van der Waals surface area contributed by atoms with Gasteiger partial charge in [0.2, 0.25) is 11.7 Å². The van der Waals surface area contributed by atoms with E-state index < -0.39 is 0 Å². The zero-order valence-corrected chi connectivity index (χ0v) is 11.7. The molecule has 0 aliphatic carbocycles. The lowest BCUT2D eigenvalue weighted by molar-refractivity contribution is 0.391. The third kappa shape index (κ3) is 3.60. The number of thioether (sulfide) groups is 1. The van der Waals surface area contributed by atoms with Gasteiger partial charge in [-0.25, -0.2) is 0 Å². The molecule has 1 aromatic heterocycles. The second-order valence-corrected chi connectivity index (χ2v) is 5.39. The molecule has 0 N–H and O–H groups in total. The number of nitrogens with zero attached hydrogens (tertiary/aromatic N) is 2. The van der Waals surface area contributed by atoms with Crippen LogP contribution < -0.4 is 0 Å². The highest BCUT2D eigenvalue weighted by atomic mass is 32.2. The predicted molar refractivity (Wildman–Crippen MR) is 75.5 cm³/mol. The highest BCUT2D eigenvalue weighted by molar-refractivity contribution is 7.98. The maximum atomic E-state index is 5.25. The minimum absolute atomic E-state index is 0.682. The Morgan fingerprint density at radius 3 is 2.72 bits per heavy atom. The Balaban J connectivity index is 1.95. The fourth-order valence-corrected chi connectivity index (χ4v) is 2.47. The van der Waals surface area contributed by atoms with Gasteiger partial charge in [-0.3, -0.25) is 0 Å². The monoisotopic (exact) mass is 262 g/mol. The van der Waals surface area contributed by atoms with Gasteiger partial charge < -0.3 is 4.52 Å². The molecular weight excluding hydrogens is 244 g/mol. The number of hydrogen-bond acceptors (Lipinski definition) is 4. The highest BCUT2D eigenvalue weighted by Crippen LogP contribution is 2.18. The van der Waals surface area contributed by atoms with E-state index in [1.807, 2.05) is 23.9 Å². The summed E-state index contributed by atoms with van der Waals surface area (Å²) in [7, 11) is 0. The maximum absolute atomic E-state index is 5.25. The lowest BCUT2D eigenvalue weighted by Gasteiger charge is -1.95. The molecule has 1 heterocycles. The summed E-state index contributed by atoms with van der Waals surface area (Å²) in [5.41, 5.74) is 2.24. The predicted octanol–water partition coefficient (Wildman–Crippen LogP) is 4.08. The molecule has 1 aromatic carbocycles. The zero-order chi connectivity index (χ0) is 12.8. The average molecular weight is 262 g/mol. The van der Waals surface area contributed by atoms with Crippen LogP contribution in [0.4, 0.5) is 0 Å². The smallest absolute Gasteiger partial charge is 0.236 e. The van der Waals surface area contributed by atoms with Gasteiger partial charge in [0.25, 0.3) is 0 Å². The summed E-state index contributed by atoms with van der Waals surface area (Å²) < 4.78 is 5.25. The van der Waals surface area contributed by atoms with Crippen LogP contribution in [0, 0.1) is 6.92 Å². The number of aryl methyl sites for hydroxylation is 1. The van der Waals surface area contributed by atoms with Crippen molar-refractivity contribution in [3.05, 3.63) is 35.7 Å². The van der Waals surface area contributed by atoms with Crippen molar-refractivity contribution < 1.29 is 4.52 Å². The third-order valence-corrected chi connectivity index (χ3v) is 3.67. The number of benzene rings is 1. The molecule has 0 fully saturated rings. The number of hydrogen-bond donors (Lipinski definition) is 0. The van der Waals surface area contributed by atoms with Crippen molar-refractivity contribution in [2.24, 2.45) is 0 Å². The van der Waals surface area contributed by atoms with Crippen molar-refractivity contribution in [1.29, 1.82) is 0 Å². The molecule has 0 saturated carbocycles. The minimum atomic E-state index is 0.682. The molecule has 18 heavy (non-hydrogen) atoms. The van der Waals surface area contributed by atoms with E-state index in [1.54, 1.807) is 0 Å². The minimum Gasteiger partial charge on any atom is -0.338 e. The molecule has 0 aliphatic heterocycles. The summed E-state index contributed by atoms with van der Waals surface area (Å²) in [6.45, 7) is 4.26. The summed E-state index contributed by atoms with van der Waals surface area (Å²) in [6, 6.07) is 8.16. The van der Waals surface area contributed by atoms with Gasteiger partial charge in [-0.05, 0) is 19.1 Å². The summed E-state index contributed by atoms with van der Waals surface area (Å²) in [5.74, 6) is 3.35. The standard InChI is InChI=1S/C14H18N2OS/c1-3-4-9-18-10-13-15-14(16-17-13)12-7-5-11(2)6-8-12/h5-8H,3-4,9-10H2,1-2H3. The molecule has 3 nitrogen and oxygen atoms in total. The summed E-state index contributed by atoms with van der Waals surface area (Å²) >= 11 is 1.85. The fourth-order valence-electron chi connectivity index (χ4n) is 1.54. The van der Waals surface area contributed by atoms with Crippen LogP contribution in [0.5, 0.6) is 0 Å². The van der Waals surface area contributed by atoms with Crippen molar-refractivity contribution in [2.75, 3.05) is 5.75 Å². The van der Waals surface area contributed by atoms with Gasteiger partial charge >= 0.3 is 0 Å². The van der Waals surface area contributed by atoms with Crippen molar-refractivity contribution in [1.82, 2.24) is 10.1 Å². The largest absolute Gasteiger partial charge is 0.338 e. The molecule has 0 saturated heterocycles. The molecule has 2 rings (SSSR count). The van der Waals surface area contributed by atoms with Crippen LogP contribution in [-0.2, 0) is 5.75 Å². The molecule has 0 radical (unpaired) electrons. The Morgan fingerprint density at radius 2 is 2.00 bits per heavy atom. The van der Waals surface area contributed by atoms with Crippen LogP contribution in [0.15, 0.2) is 28.8 Å². The Kier molecular flexibility index (Phi) is 4.81. The van der Waals surface area contributed by atoms with Crippen LogP contribution in [0.25, 0.3) is 11.4 Å². The van der Waals surface area contributed by atoms with E-state index in [4.69, 9.17) is 4.52 Å². The Hall–Kier alpha value is -1.29. The SMILES string of the molecule is CCCCSCc1nc(-c2ccc(C)cc2)no1. The van der Waals surface area contributed by atoms with Gasteiger partial charge in [-0.2, -0.15) is 16.7 Å². The van der Waals surface area contributed by atoms with Crippen LogP contribution in [0.3, 0.4) is 0 Å². The summed E-state index contributed by atoms with van der Waals surface area (Å²) in [6.07, 6.45) is 2.47. The first-order chi connectivity index (χ1) is 8.79. The van der Waals surface area contributed by atoms with E-state index in [-0.39, 0.29) is 0 Å². The van der Waals surface area contributed by atoms with Gasteiger partial charge in [0.15, 0.2) is 0 Å². The van der Waals surface area contributed by atoms with Gasteiger partial charge in [0.1, 0.15) is 0 Å². The van der Waals surface area contributed by atoms with Crippen molar-refractivity contribution in [3.63, 3.8) is 0 Å². The topological polar surface area (TPSA) is 38.9 Å². The molecule has 0 bridgehead atoms. The van der Waals surface area contributed by atoms with E-state index in [0.29, 0.717) is 11.7 Å². The second-order valence-electron chi connectivity index (χ2n) is 4.28. The van der Waals surface area contributed by atoms with Crippen molar-refractivity contribution in [3.8, 4) is 11.4 Å². The van der Waals surface area contributed by atoms with Crippen LogP contribution in [0.1, 0.15) is 31.2 Å². The first-order valence-electron chi connectivity index (χ1n) is 6.27. The molecule has 4 heteroatoms. The number of unbranched alkanes of at least 4 members (excludes halogenated alkanes) is 1. The molecule has 0 spiro atoms. The van der Waals surface area contributed by atoms with Crippen LogP contribution in [-0.4, -0.2) is 15.9 Å². The van der Waals surface area contributed by atoms with E-state index in [0.717, 1.165) is 17.1 Å². The van der Waals surface area contributed by atoms with E-state index in [9.17, 15) is 0 Å². The fraction of sp³-hybridized carbons (Fsp3) is 0.429. The molecule has 0 amide bonds. The summed E-state index contributed by atoms with van der Waals surface area (Å²) in [5, 5.41) is 4.02. The summed E-state index contributed by atoms with van der Waals surface area (Å²) in [4.78, 5) is 4.41. The zero-order valence-electron chi connectivity index (χ0n) is 10.8. The van der Waals surface area contributed by atoms with Crippen LogP contribution >= 0.6 is 11.8 Å². The van der Waals surface area contributed by atoms with Gasteiger partial charge in [-0.1, -0.05) is 48.3 Å². The third-order valence-electron chi connectivity index (χ3n) is 2.65. The molecule has 2 aromatic rings. The van der Waals surface area contributed by atoms with Gasteiger partial charge in [-0.15, -0.1) is 0 Å². The van der Waals surface area contributed by atoms with E-state index in [2.05, 4.69) is 36.1 Å².